The average Bonchev–Trinajstić information content (AvgIpc) is 2.47. The van der Waals surface area contributed by atoms with Gasteiger partial charge in [0.15, 0.2) is 0 Å². The van der Waals surface area contributed by atoms with Gasteiger partial charge in [-0.2, -0.15) is 0 Å². The predicted octanol–water partition coefficient (Wildman–Crippen LogP) is 1.37. The first kappa shape index (κ1) is 11.8. The topological polar surface area (TPSA) is 81.4 Å². The van der Waals surface area contributed by atoms with Crippen LogP contribution < -0.4 is 4.90 Å². The predicted molar refractivity (Wildman–Crippen MR) is 69.2 cm³/mol. The molecule has 0 unspecified atom stereocenters. The Morgan fingerprint density at radius 2 is 2.05 bits per heavy atom. The monoisotopic (exact) mass is 260 g/mol. The van der Waals surface area contributed by atoms with Gasteiger partial charge in [-0.1, -0.05) is 0 Å². The number of benzene rings is 1. The van der Waals surface area contributed by atoms with Crippen LogP contribution in [0.5, 0.6) is 0 Å². The van der Waals surface area contributed by atoms with Gasteiger partial charge >= 0.3 is 0 Å². The molecule has 1 fully saturated rings. The summed E-state index contributed by atoms with van der Waals surface area (Å²) in [6.45, 7) is 2.74. The van der Waals surface area contributed by atoms with Crippen LogP contribution in [0.15, 0.2) is 24.5 Å². The summed E-state index contributed by atoms with van der Waals surface area (Å²) in [7, 11) is 0. The third-order valence-corrected chi connectivity index (χ3v) is 3.12. The Labute approximate surface area is 109 Å². The lowest BCUT2D eigenvalue weighted by atomic mass is 10.2. The lowest BCUT2D eigenvalue weighted by molar-refractivity contribution is -0.384. The second kappa shape index (κ2) is 4.77. The van der Waals surface area contributed by atoms with Crippen molar-refractivity contribution in [2.75, 3.05) is 31.2 Å². The summed E-state index contributed by atoms with van der Waals surface area (Å²) < 4.78 is 5.30. The van der Waals surface area contributed by atoms with Crippen LogP contribution in [0.3, 0.4) is 0 Å². The number of morpholine rings is 1. The van der Waals surface area contributed by atoms with Crippen LogP contribution in [0.25, 0.3) is 10.9 Å². The molecule has 0 amide bonds. The van der Waals surface area contributed by atoms with Gasteiger partial charge in [-0.3, -0.25) is 10.1 Å². The lowest BCUT2D eigenvalue weighted by Crippen LogP contribution is -2.36. The summed E-state index contributed by atoms with van der Waals surface area (Å²) in [5.74, 6) is 0.733. The molecule has 7 nitrogen and oxygen atoms in total. The van der Waals surface area contributed by atoms with Crippen molar-refractivity contribution in [1.82, 2.24) is 9.97 Å². The van der Waals surface area contributed by atoms with Gasteiger partial charge in [-0.25, -0.2) is 9.97 Å². The summed E-state index contributed by atoms with van der Waals surface area (Å²) in [5, 5.41) is 11.6. The molecule has 2 aromatic rings. The number of rotatable bonds is 2. The zero-order valence-corrected chi connectivity index (χ0v) is 10.2. The Kier molecular flexibility index (Phi) is 2.96. The molecule has 3 rings (SSSR count). The summed E-state index contributed by atoms with van der Waals surface area (Å²) in [6.07, 6.45) is 1.49. The molecule has 7 heteroatoms. The Bertz CT molecular complexity index is 625. The highest BCUT2D eigenvalue weighted by Gasteiger charge is 2.17. The number of ether oxygens (including phenoxy) is 1. The van der Waals surface area contributed by atoms with E-state index in [0.717, 1.165) is 18.9 Å². The normalized spacial score (nSPS) is 15.7. The molecule has 1 aromatic heterocycles. The SMILES string of the molecule is O=[N+]([O-])c1ccc2ncnc(N3CCOCC3)c2c1. The van der Waals surface area contributed by atoms with E-state index in [1.54, 1.807) is 6.07 Å². The zero-order valence-electron chi connectivity index (χ0n) is 10.2. The summed E-state index contributed by atoms with van der Waals surface area (Å²) in [4.78, 5) is 20.9. The first-order chi connectivity index (χ1) is 9.25. The lowest BCUT2D eigenvalue weighted by Gasteiger charge is -2.28. The third kappa shape index (κ3) is 2.19. The Hall–Kier alpha value is -2.28. The highest BCUT2D eigenvalue weighted by atomic mass is 16.6. The Morgan fingerprint density at radius 3 is 2.79 bits per heavy atom. The first-order valence-corrected chi connectivity index (χ1v) is 5.97. The maximum Gasteiger partial charge on any atom is 0.270 e. The number of aromatic nitrogens is 2. The molecule has 0 radical (unpaired) electrons. The zero-order chi connectivity index (χ0) is 13.2. The van der Waals surface area contributed by atoms with Crippen molar-refractivity contribution in [1.29, 1.82) is 0 Å². The van der Waals surface area contributed by atoms with E-state index in [4.69, 9.17) is 4.74 Å². The van der Waals surface area contributed by atoms with Crippen molar-refractivity contribution in [3.63, 3.8) is 0 Å². The fraction of sp³-hybridized carbons (Fsp3) is 0.333. The first-order valence-electron chi connectivity index (χ1n) is 5.97. The molecule has 1 aliphatic rings. The van der Waals surface area contributed by atoms with Gasteiger partial charge < -0.3 is 9.64 Å². The van der Waals surface area contributed by atoms with Crippen molar-refractivity contribution < 1.29 is 9.66 Å². The largest absolute Gasteiger partial charge is 0.378 e. The van der Waals surface area contributed by atoms with Gasteiger partial charge in [0, 0.05) is 30.6 Å². The Balaban J connectivity index is 2.11. The average molecular weight is 260 g/mol. The van der Waals surface area contributed by atoms with Gasteiger partial charge in [-0.05, 0) is 6.07 Å². The van der Waals surface area contributed by atoms with E-state index in [1.165, 1.54) is 18.5 Å². The molecule has 19 heavy (non-hydrogen) atoms. The van der Waals surface area contributed by atoms with Gasteiger partial charge in [0.05, 0.1) is 23.7 Å². The van der Waals surface area contributed by atoms with Crippen LogP contribution in [0.1, 0.15) is 0 Å². The molecule has 1 aliphatic heterocycles. The molecule has 0 saturated carbocycles. The molecular weight excluding hydrogens is 248 g/mol. The van der Waals surface area contributed by atoms with Gasteiger partial charge in [0.25, 0.3) is 5.69 Å². The van der Waals surface area contributed by atoms with Crippen molar-refractivity contribution in [2.45, 2.75) is 0 Å². The minimum Gasteiger partial charge on any atom is -0.378 e. The number of non-ortho nitro benzene ring substituents is 1. The molecule has 2 heterocycles. The van der Waals surface area contributed by atoms with Gasteiger partial charge in [0.1, 0.15) is 12.1 Å². The molecule has 0 spiro atoms. The van der Waals surface area contributed by atoms with Crippen LogP contribution in [-0.4, -0.2) is 41.2 Å². The molecule has 1 aromatic carbocycles. The minimum absolute atomic E-state index is 0.0526. The van der Waals surface area contributed by atoms with Crippen molar-refractivity contribution in [2.24, 2.45) is 0 Å². The van der Waals surface area contributed by atoms with E-state index in [-0.39, 0.29) is 5.69 Å². The van der Waals surface area contributed by atoms with Crippen LogP contribution in [0.4, 0.5) is 11.5 Å². The van der Waals surface area contributed by atoms with Crippen LogP contribution in [0, 0.1) is 10.1 Å². The number of nitro benzene ring substituents is 1. The fourth-order valence-electron chi connectivity index (χ4n) is 2.17. The maximum absolute atomic E-state index is 10.9. The molecule has 98 valence electrons. The second-order valence-corrected chi connectivity index (χ2v) is 4.26. The van der Waals surface area contributed by atoms with E-state index in [9.17, 15) is 10.1 Å². The second-order valence-electron chi connectivity index (χ2n) is 4.26. The smallest absolute Gasteiger partial charge is 0.270 e. The Morgan fingerprint density at radius 1 is 1.26 bits per heavy atom. The van der Waals surface area contributed by atoms with E-state index < -0.39 is 4.92 Å². The molecule has 0 N–H and O–H groups in total. The highest BCUT2D eigenvalue weighted by Crippen LogP contribution is 2.27. The fourth-order valence-corrected chi connectivity index (χ4v) is 2.17. The molecule has 0 bridgehead atoms. The molecule has 0 aliphatic carbocycles. The van der Waals surface area contributed by atoms with E-state index in [2.05, 4.69) is 14.9 Å². The van der Waals surface area contributed by atoms with Gasteiger partial charge in [-0.15, -0.1) is 0 Å². The number of nitrogens with zero attached hydrogens (tertiary/aromatic N) is 4. The van der Waals surface area contributed by atoms with Crippen molar-refractivity contribution >= 4 is 22.4 Å². The van der Waals surface area contributed by atoms with Crippen LogP contribution in [-0.2, 0) is 4.74 Å². The molecular formula is C12H12N4O3. The van der Waals surface area contributed by atoms with E-state index >= 15 is 0 Å². The summed E-state index contributed by atoms with van der Waals surface area (Å²) >= 11 is 0. The maximum atomic E-state index is 10.9. The summed E-state index contributed by atoms with van der Waals surface area (Å²) in [6, 6.07) is 4.64. The number of fused-ring (bicyclic) bond motifs is 1. The number of nitro groups is 1. The highest BCUT2D eigenvalue weighted by molar-refractivity contribution is 5.91. The van der Waals surface area contributed by atoms with Crippen molar-refractivity contribution in [3.8, 4) is 0 Å². The number of anilines is 1. The number of hydrogen-bond acceptors (Lipinski definition) is 6. The molecule has 1 saturated heterocycles. The van der Waals surface area contributed by atoms with Gasteiger partial charge in [0.2, 0.25) is 0 Å². The van der Waals surface area contributed by atoms with E-state index in [0.29, 0.717) is 24.1 Å². The quantitative estimate of drug-likeness (QED) is 0.599. The van der Waals surface area contributed by atoms with E-state index in [1.807, 2.05) is 0 Å². The summed E-state index contributed by atoms with van der Waals surface area (Å²) in [5.41, 5.74) is 0.763. The minimum atomic E-state index is -0.407. The number of hydrogen-bond donors (Lipinski definition) is 0. The van der Waals surface area contributed by atoms with Crippen molar-refractivity contribution in [3.05, 3.63) is 34.6 Å². The van der Waals surface area contributed by atoms with Crippen LogP contribution >= 0.6 is 0 Å². The van der Waals surface area contributed by atoms with Crippen LogP contribution in [0.2, 0.25) is 0 Å². The standard InChI is InChI=1S/C12H12N4O3/c17-16(18)9-1-2-11-10(7-9)12(14-8-13-11)15-3-5-19-6-4-15/h1-2,7-8H,3-6H2. The molecule has 0 atom stereocenters. The third-order valence-electron chi connectivity index (χ3n) is 3.12.